The molecule has 1 saturated heterocycles. The van der Waals surface area contributed by atoms with Crippen molar-refractivity contribution in [3.05, 3.63) is 29.7 Å². The molecule has 0 spiro atoms. The predicted octanol–water partition coefficient (Wildman–Crippen LogP) is 1.51. The molecule has 3 heterocycles. The Hall–Kier alpha value is -1.73. The summed E-state index contributed by atoms with van der Waals surface area (Å²) in [6, 6.07) is 2.23. The minimum absolute atomic E-state index is 0.126. The molecule has 1 aliphatic heterocycles. The lowest BCUT2D eigenvalue weighted by Crippen LogP contribution is -2.35. The Labute approximate surface area is 129 Å². The average Bonchev–Trinajstić information content (AvgIpc) is 3.16. The second kappa shape index (κ2) is 6.58. The maximum Gasteiger partial charge on any atom is 0.233 e. The number of aryl methyl sites for hydroxylation is 1. The monoisotopic (exact) mass is 305 g/mol. The predicted molar refractivity (Wildman–Crippen MR) is 80.3 cm³/mol. The van der Waals surface area contributed by atoms with E-state index in [9.17, 15) is 0 Å². The Morgan fingerprint density at radius 1 is 1.36 bits per heavy atom. The van der Waals surface area contributed by atoms with Crippen molar-refractivity contribution in [1.82, 2.24) is 24.9 Å². The van der Waals surface area contributed by atoms with Crippen molar-refractivity contribution < 1.29 is 9.52 Å². The maximum atomic E-state index is 9.11. The van der Waals surface area contributed by atoms with E-state index in [4.69, 9.17) is 9.52 Å². The van der Waals surface area contributed by atoms with E-state index < -0.39 is 0 Å². The van der Waals surface area contributed by atoms with Crippen molar-refractivity contribution in [2.45, 2.75) is 45.2 Å². The molecule has 1 atom stereocenters. The van der Waals surface area contributed by atoms with Crippen LogP contribution >= 0.6 is 0 Å². The van der Waals surface area contributed by atoms with Crippen molar-refractivity contribution >= 4 is 0 Å². The van der Waals surface area contributed by atoms with Crippen LogP contribution in [0.1, 0.15) is 49.2 Å². The molecule has 0 unspecified atom stereocenters. The molecule has 22 heavy (non-hydrogen) atoms. The first-order valence-electron chi connectivity index (χ1n) is 7.85. The summed E-state index contributed by atoms with van der Waals surface area (Å²) < 4.78 is 7.46. The second-order valence-electron chi connectivity index (χ2n) is 5.85. The van der Waals surface area contributed by atoms with Gasteiger partial charge in [0, 0.05) is 24.7 Å². The Morgan fingerprint density at radius 3 is 2.77 bits per heavy atom. The lowest BCUT2D eigenvalue weighted by atomic mass is 9.92. The third kappa shape index (κ3) is 3.05. The molecule has 0 aliphatic carbocycles. The highest BCUT2D eigenvalue weighted by molar-refractivity contribution is 5.09. The Kier molecular flexibility index (Phi) is 4.54. The molecule has 2 aromatic rings. The van der Waals surface area contributed by atoms with Gasteiger partial charge in [0.25, 0.3) is 0 Å². The van der Waals surface area contributed by atoms with Crippen molar-refractivity contribution in [2.24, 2.45) is 0 Å². The first kappa shape index (κ1) is 15.2. The molecule has 1 fully saturated rings. The van der Waals surface area contributed by atoms with Gasteiger partial charge in [-0.3, -0.25) is 9.58 Å². The molecule has 0 saturated carbocycles. The molecule has 7 heteroatoms. The number of hydrogen-bond acceptors (Lipinski definition) is 6. The highest BCUT2D eigenvalue weighted by Crippen LogP contribution is 2.31. The number of rotatable bonds is 5. The standard InChI is InChI=1S/C15H23N5O2/c1-11(15-18-17-12(2)22-15)19-7-4-13(5-8-19)14-3-6-16-20(14)9-10-21/h3,6,11,13,21H,4-5,7-10H2,1-2H3/t11-/m1/s1. The highest BCUT2D eigenvalue weighted by Gasteiger charge is 2.28. The summed E-state index contributed by atoms with van der Waals surface area (Å²) in [4.78, 5) is 2.39. The van der Waals surface area contributed by atoms with Gasteiger partial charge in [-0.15, -0.1) is 10.2 Å². The smallest absolute Gasteiger partial charge is 0.233 e. The van der Waals surface area contributed by atoms with Crippen molar-refractivity contribution in [3.8, 4) is 0 Å². The van der Waals surface area contributed by atoms with Crippen LogP contribution in [-0.4, -0.2) is 49.7 Å². The van der Waals surface area contributed by atoms with E-state index in [0.717, 1.165) is 25.9 Å². The molecule has 0 bridgehead atoms. The van der Waals surface area contributed by atoms with E-state index in [2.05, 4.69) is 33.2 Å². The van der Waals surface area contributed by atoms with Gasteiger partial charge < -0.3 is 9.52 Å². The van der Waals surface area contributed by atoms with Gasteiger partial charge in [-0.05, 0) is 38.9 Å². The molecule has 0 radical (unpaired) electrons. The molecule has 7 nitrogen and oxygen atoms in total. The lowest BCUT2D eigenvalue weighted by Gasteiger charge is -2.34. The molecule has 3 rings (SSSR count). The van der Waals surface area contributed by atoms with Crippen LogP contribution in [0.15, 0.2) is 16.7 Å². The number of aliphatic hydroxyl groups is 1. The van der Waals surface area contributed by atoms with Gasteiger partial charge >= 0.3 is 0 Å². The molecular formula is C15H23N5O2. The highest BCUT2D eigenvalue weighted by atomic mass is 16.4. The number of hydrogen-bond donors (Lipinski definition) is 1. The van der Waals surface area contributed by atoms with Gasteiger partial charge in [-0.1, -0.05) is 0 Å². The summed E-state index contributed by atoms with van der Waals surface area (Å²) in [5, 5.41) is 21.4. The van der Waals surface area contributed by atoms with Gasteiger partial charge in [-0.2, -0.15) is 5.10 Å². The summed E-state index contributed by atoms with van der Waals surface area (Å²) >= 11 is 0. The average molecular weight is 305 g/mol. The first-order chi connectivity index (χ1) is 10.7. The van der Waals surface area contributed by atoms with E-state index in [1.807, 2.05) is 17.8 Å². The van der Waals surface area contributed by atoms with E-state index >= 15 is 0 Å². The van der Waals surface area contributed by atoms with Crippen LogP contribution in [0.2, 0.25) is 0 Å². The molecule has 0 aromatic carbocycles. The quantitative estimate of drug-likeness (QED) is 0.902. The number of aliphatic hydroxyl groups excluding tert-OH is 1. The molecule has 1 N–H and O–H groups in total. The third-order valence-corrected chi connectivity index (χ3v) is 4.46. The minimum atomic E-state index is 0.126. The summed E-state index contributed by atoms with van der Waals surface area (Å²) in [7, 11) is 0. The van der Waals surface area contributed by atoms with E-state index in [-0.39, 0.29) is 12.6 Å². The Morgan fingerprint density at radius 2 is 2.14 bits per heavy atom. The molecule has 120 valence electrons. The number of likely N-dealkylation sites (tertiary alicyclic amines) is 1. The van der Waals surface area contributed by atoms with Gasteiger partial charge in [0.1, 0.15) is 0 Å². The van der Waals surface area contributed by atoms with E-state index in [1.54, 1.807) is 0 Å². The number of aromatic nitrogens is 4. The van der Waals surface area contributed by atoms with Gasteiger partial charge in [0.15, 0.2) is 0 Å². The Bertz CT molecular complexity index is 601. The van der Waals surface area contributed by atoms with Crippen LogP contribution in [0.25, 0.3) is 0 Å². The zero-order valence-corrected chi connectivity index (χ0v) is 13.1. The molecule has 2 aromatic heterocycles. The first-order valence-corrected chi connectivity index (χ1v) is 7.85. The van der Waals surface area contributed by atoms with Crippen molar-refractivity contribution in [1.29, 1.82) is 0 Å². The van der Waals surface area contributed by atoms with Crippen molar-refractivity contribution in [2.75, 3.05) is 19.7 Å². The largest absolute Gasteiger partial charge is 0.424 e. The third-order valence-electron chi connectivity index (χ3n) is 4.46. The van der Waals surface area contributed by atoms with Gasteiger partial charge in [0.2, 0.25) is 11.8 Å². The van der Waals surface area contributed by atoms with E-state index in [0.29, 0.717) is 24.2 Å². The Balaban J connectivity index is 1.61. The second-order valence-corrected chi connectivity index (χ2v) is 5.85. The SMILES string of the molecule is Cc1nnc([C@@H](C)N2CCC(c3ccnn3CCO)CC2)o1. The maximum absolute atomic E-state index is 9.11. The van der Waals surface area contributed by atoms with Crippen LogP contribution in [0.4, 0.5) is 0 Å². The molecular weight excluding hydrogens is 282 g/mol. The number of piperidine rings is 1. The molecule has 0 amide bonds. The fraction of sp³-hybridized carbons (Fsp3) is 0.667. The van der Waals surface area contributed by atoms with Gasteiger partial charge in [0.05, 0.1) is 19.2 Å². The van der Waals surface area contributed by atoms with Crippen LogP contribution in [0.3, 0.4) is 0 Å². The van der Waals surface area contributed by atoms with Crippen LogP contribution < -0.4 is 0 Å². The summed E-state index contributed by atoms with van der Waals surface area (Å²) in [6.45, 7) is 6.62. The van der Waals surface area contributed by atoms with E-state index in [1.165, 1.54) is 5.69 Å². The minimum Gasteiger partial charge on any atom is -0.424 e. The van der Waals surface area contributed by atoms with Crippen molar-refractivity contribution in [3.63, 3.8) is 0 Å². The number of nitrogens with zero attached hydrogens (tertiary/aromatic N) is 5. The zero-order valence-electron chi connectivity index (χ0n) is 13.1. The fourth-order valence-corrected chi connectivity index (χ4v) is 3.19. The summed E-state index contributed by atoms with van der Waals surface area (Å²) in [5.41, 5.74) is 1.23. The summed E-state index contributed by atoms with van der Waals surface area (Å²) in [6.07, 6.45) is 3.98. The van der Waals surface area contributed by atoms with Gasteiger partial charge in [-0.25, -0.2) is 0 Å². The molecule has 1 aliphatic rings. The summed E-state index contributed by atoms with van der Waals surface area (Å²) in [5.74, 6) is 1.81. The van der Waals surface area contributed by atoms with Crippen LogP contribution in [0, 0.1) is 6.92 Å². The topological polar surface area (TPSA) is 80.2 Å². The fourth-order valence-electron chi connectivity index (χ4n) is 3.19. The normalized spacial score (nSPS) is 18.7. The zero-order chi connectivity index (χ0) is 15.5. The lowest BCUT2D eigenvalue weighted by molar-refractivity contribution is 0.139. The van der Waals surface area contributed by atoms with Crippen LogP contribution in [0.5, 0.6) is 0 Å². The van der Waals surface area contributed by atoms with Crippen LogP contribution in [-0.2, 0) is 6.54 Å².